The topological polar surface area (TPSA) is 64.1 Å². The van der Waals surface area contributed by atoms with Crippen LogP contribution in [0.3, 0.4) is 0 Å². The molecule has 2 aromatic rings. The van der Waals surface area contributed by atoms with Gasteiger partial charge in [0.25, 0.3) is 0 Å². The zero-order valence-corrected chi connectivity index (χ0v) is 10.5. The van der Waals surface area contributed by atoms with E-state index < -0.39 is 0 Å². The fourth-order valence-corrected chi connectivity index (χ4v) is 1.59. The summed E-state index contributed by atoms with van der Waals surface area (Å²) in [7, 11) is 0. The summed E-state index contributed by atoms with van der Waals surface area (Å²) in [5.41, 5.74) is 8.03. The minimum Gasteiger partial charge on any atom is -0.441 e. The fraction of sp³-hybridized carbons (Fsp3) is 0.167. The average molecular weight is 247 g/mol. The van der Waals surface area contributed by atoms with Crippen LogP contribution in [0.15, 0.2) is 28.7 Å². The predicted molar refractivity (Wildman–Crippen MR) is 71.8 cm³/mol. The summed E-state index contributed by atoms with van der Waals surface area (Å²) < 4.78 is 5.56. The Morgan fingerprint density at radius 2 is 2.18 bits per heavy atom. The van der Waals surface area contributed by atoms with Crippen molar-refractivity contribution in [1.82, 2.24) is 4.98 Å². The Bertz CT molecular complexity index is 543. The number of nitrogens with two attached hydrogens (primary N) is 1. The van der Waals surface area contributed by atoms with Crippen LogP contribution in [0.5, 0.6) is 0 Å². The van der Waals surface area contributed by atoms with Gasteiger partial charge in [0.2, 0.25) is 5.89 Å². The van der Waals surface area contributed by atoms with E-state index in [1.165, 1.54) is 0 Å². The molecule has 17 heavy (non-hydrogen) atoms. The summed E-state index contributed by atoms with van der Waals surface area (Å²) in [6, 6.07) is 7.59. The molecule has 0 saturated carbocycles. The van der Waals surface area contributed by atoms with E-state index in [4.69, 9.17) is 22.4 Å². The van der Waals surface area contributed by atoms with Crippen molar-refractivity contribution in [3.8, 4) is 11.5 Å². The maximum atomic E-state index is 5.56. The Labute approximate surface area is 105 Å². The number of hydrogen-bond acceptors (Lipinski definition) is 3. The Morgan fingerprint density at radius 1 is 1.41 bits per heavy atom. The molecule has 5 heteroatoms. The van der Waals surface area contributed by atoms with Gasteiger partial charge in [-0.2, -0.15) is 0 Å². The van der Waals surface area contributed by atoms with Crippen molar-refractivity contribution >= 4 is 23.0 Å². The van der Waals surface area contributed by atoms with Gasteiger partial charge in [-0.1, -0.05) is 6.07 Å². The SMILES string of the molecule is Cc1nc(-c2cccc(NC(N)=S)c2)oc1C. The molecule has 0 fully saturated rings. The van der Waals surface area contributed by atoms with Gasteiger partial charge in [-0.15, -0.1) is 0 Å². The van der Waals surface area contributed by atoms with E-state index in [1.54, 1.807) is 0 Å². The Balaban J connectivity index is 2.35. The van der Waals surface area contributed by atoms with E-state index in [9.17, 15) is 0 Å². The summed E-state index contributed by atoms with van der Waals surface area (Å²) >= 11 is 4.79. The second-order valence-electron chi connectivity index (χ2n) is 3.73. The average Bonchev–Trinajstić information content (AvgIpc) is 2.59. The second kappa shape index (κ2) is 4.55. The molecule has 0 radical (unpaired) electrons. The molecule has 0 bridgehead atoms. The zero-order valence-electron chi connectivity index (χ0n) is 9.65. The summed E-state index contributed by atoms with van der Waals surface area (Å²) in [6.07, 6.45) is 0. The number of hydrogen-bond donors (Lipinski definition) is 2. The van der Waals surface area contributed by atoms with Gasteiger partial charge in [0.1, 0.15) is 5.76 Å². The van der Waals surface area contributed by atoms with Crippen LogP contribution >= 0.6 is 12.2 Å². The monoisotopic (exact) mass is 247 g/mol. The van der Waals surface area contributed by atoms with E-state index in [0.29, 0.717) is 5.89 Å². The first-order chi connectivity index (χ1) is 8.06. The Kier molecular flexibility index (Phi) is 3.10. The van der Waals surface area contributed by atoms with Gasteiger partial charge in [0.15, 0.2) is 5.11 Å². The lowest BCUT2D eigenvalue weighted by Crippen LogP contribution is -2.18. The first-order valence-electron chi connectivity index (χ1n) is 5.17. The minimum atomic E-state index is 0.238. The molecule has 3 N–H and O–H groups in total. The van der Waals surface area contributed by atoms with Crippen LogP contribution in [0.2, 0.25) is 0 Å². The molecule has 0 amide bonds. The largest absolute Gasteiger partial charge is 0.441 e. The van der Waals surface area contributed by atoms with Crippen LogP contribution in [0.4, 0.5) is 5.69 Å². The molecule has 0 aliphatic carbocycles. The molecule has 0 saturated heterocycles. The number of benzene rings is 1. The molecule has 0 atom stereocenters. The molecule has 0 unspecified atom stereocenters. The number of nitrogens with zero attached hydrogens (tertiary/aromatic N) is 1. The van der Waals surface area contributed by atoms with Crippen LogP contribution in [-0.2, 0) is 0 Å². The van der Waals surface area contributed by atoms with Crippen molar-refractivity contribution in [3.63, 3.8) is 0 Å². The third-order valence-electron chi connectivity index (χ3n) is 2.41. The normalized spacial score (nSPS) is 10.2. The molecule has 4 nitrogen and oxygen atoms in total. The Hall–Kier alpha value is -1.88. The van der Waals surface area contributed by atoms with Gasteiger partial charge < -0.3 is 15.5 Å². The first-order valence-corrected chi connectivity index (χ1v) is 5.58. The maximum Gasteiger partial charge on any atom is 0.226 e. The quantitative estimate of drug-likeness (QED) is 0.799. The predicted octanol–water partition coefficient (Wildman–Crippen LogP) is 2.61. The van der Waals surface area contributed by atoms with Gasteiger partial charge in [-0.25, -0.2) is 4.98 Å². The van der Waals surface area contributed by atoms with E-state index in [0.717, 1.165) is 22.7 Å². The van der Waals surface area contributed by atoms with Crippen molar-refractivity contribution in [1.29, 1.82) is 0 Å². The lowest BCUT2D eigenvalue weighted by molar-refractivity contribution is 0.541. The lowest BCUT2D eigenvalue weighted by Gasteiger charge is -2.04. The number of nitrogens with one attached hydrogen (secondary N) is 1. The zero-order chi connectivity index (χ0) is 12.4. The number of anilines is 1. The van der Waals surface area contributed by atoms with Crippen molar-refractivity contribution in [2.45, 2.75) is 13.8 Å². The van der Waals surface area contributed by atoms with Crippen molar-refractivity contribution in [3.05, 3.63) is 35.7 Å². The highest BCUT2D eigenvalue weighted by molar-refractivity contribution is 7.80. The van der Waals surface area contributed by atoms with Crippen LogP contribution < -0.4 is 11.1 Å². The van der Waals surface area contributed by atoms with Crippen LogP contribution in [-0.4, -0.2) is 10.1 Å². The van der Waals surface area contributed by atoms with Crippen molar-refractivity contribution < 1.29 is 4.42 Å². The summed E-state index contributed by atoms with van der Waals surface area (Å²) in [5, 5.41) is 3.11. The standard InChI is InChI=1S/C12H13N3OS/c1-7-8(2)16-11(14-7)9-4-3-5-10(6-9)15-12(13)17/h3-6H,1-2H3,(H3,13,15,17). The molecule has 0 aliphatic rings. The van der Waals surface area contributed by atoms with Gasteiger partial charge in [-0.3, -0.25) is 0 Å². The smallest absolute Gasteiger partial charge is 0.226 e. The number of thiocarbonyl (C=S) groups is 1. The summed E-state index contributed by atoms with van der Waals surface area (Å²) in [4.78, 5) is 4.34. The van der Waals surface area contributed by atoms with Crippen LogP contribution in [0, 0.1) is 13.8 Å². The summed E-state index contributed by atoms with van der Waals surface area (Å²) in [6.45, 7) is 3.81. The number of aryl methyl sites for hydroxylation is 2. The van der Waals surface area contributed by atoms with Gasteiger partial charge in [0.05, 0.1) is 5.69 Å². The highest BCUT2D eigenvalue weighted by atomic mass is 32.1. The van der Waals surface area contributed by atoms with E-state index in [2.05, 4.69) is 10.3 Å². The molecule has 1 heterocycles. The van der Waals surface area contributed by atoms with E-state index in [1.807, 2.05) is 38.1 Å². The van der Waals surface area contributed by atoms with Gasteiger partial charge in [0, 0.05) is 11.3 Å². The first kappa shape index (κ1) is 11.6. The highest BCUT2D eigenvalue weighted by Crippen LogP contribution is 2.23. The van der Waals surface area contributed by atoms with E-state index >= 15 is 0 Å². The highest BCUT2D eigenvalue weighted by Gasteiger charge is 2.08. The molecular weight excluding hydrogens is 234 g/mol. The molecule has 2 rings (SSSR count). The molecule has 0 spiro atoms. The number of aromatic nitrogens is 1. The molecule has 88 valence electrons. The number of rotatable bonds is 2. The minimum absolute atomic E-state index is 0.238. The third-order valence-corrected chi connectivity index (χ3v) is 2.51. The van der Waals surface area contributed by atoms with Gasteiger partial charge >= 0.3 is 0 Å². The molecular formula is C12H13N3OS. The lowest BCUT2D eigenvalue weighted by atomic mass is 10.2. The maximum absolute atomic E-state index is 5.56. The number of oxazole rings is 1. The van der Waals surface area contributed by atoms with Crippen molar-refractivity contribution in [2.75, 3.05) is 5.32 Å². The molecule has 1 aromatic carbocycles. The molecule has 0 aliphatic heterocycles. The van der Waals surface area contributed by atoms with Gasteiger partial charge in [-0.05, 0) is 44.3 Å². The fourth-order valence-electron chi connectivity index (χ4n) is 1.47. The third kappa shape index (κ3) is 2.62. The molecule has 1 aromatic heterocycles. The summed E-state index contributed by atoms with van der Waals surface area (Å²) in [5.74, 6) is 1.43. The van der Waals surface area contributed by atoms with E-state index in [-0.39, 0.29) is 5.11 Å². The van der Waals surface area contributed by atoms with Crippen LogP contribution in [0.25, 0.3) is 11.5 Å². The van der Waals surface area contributed by atoms with Crippen LogP contribution in [0.1, 0.15) is 11.5 Å². The second-order valence-corrected chi connectivity index (χ2v) is 4.17. The Morgan fingerprint density at radius 3 is 2.76 bits per heavy atom. The van der Waals surface area contributed by atoms with Crippen molar-refractivity contribution in [2.24, 2.45) is 5.73 Å².